The number of carboxylic acid groups (broad SMARTS) is 1. The minimum atomic E-state index is -0.858. The zero-order valence-electron chi connectivity index (χ0n) is 10.9. The zero-order valence-corrected chi connectivity index (χ0v) is 10.9. The monoisotopic (exact) mass is 245 g/mol. The Bertz CT molecular complexity index is 557. The molecule has 1 heterocycles. The van der Waals surface area contributed by atoms with E-state index in [0.717, 1.165) is 30.3 Å². The molecule has 1 N–H and O–H groups in total. The van der Waals surface area contributed by atoms with Gasteiger partial charge in [-0.15, -0.1) is 0 Å². The average molecular weight is 245 g/mol. The van der Waals surface area contributed by atoms with Gasteiger partial charge in [0.05, 0.1) is 11.1 Å². The normalized spacial score (nSPS) is 12.8. The summed E-state index contributed by atoms with van der Waals surface area (Å²) < 4.78 is 2.07. The van der Waals surface area contributed by atoms with E-state index in [2.05, 4.69) is 18.4 Å². The van der Waals surface area contributed by atoms with Crippen molar-refractivity contribution in [2.24, 2.45) is 5.92 Å². The molecule has 2 aromatic rings. The molecule has 18 heavy (non-hydrogen) atoms. The van der Waals surface area contributed by atoms with E-state index in [1.165, 1.54) is 0 Å². The Morgan fingerprint density at radius 2 is 2.17 bits per heavy atom. The summed E-state index contributed by atoms with van der Waals surface area (Å²) in [7, 11) is 0. The topological polar surface area (TPSA) is 42.2 Å². The molecule has 0 fully saturated rings. The predicted octanol–water partition coefficient (Wildman–Crippen LogP) is 3.78. The Morgan fingerprint density at radius 1 is 1.39 bits per heavy atom. The van der Waals surface area contributed by atoms with Crippen molar-refractivity contribution < 1.29 is 9.90 Å². The summed E-state index contributed by atoms with van der Waals surface area (Å²) in [6, 6.07) is 7.42. The molecule has 0 aliphatic rings. The lowest BCUT2D eigenvalue weighted by Crippen LogP contribution is -2.08. The van der Waals surface area contributed by atoms with Crippen LogP contribution in [0.15, 0.2) is 30.5 Å². The third-order valence-corrected chi connectivity index (χ3v) is 3.31. The van der Waals surface area contributed by atoms with Crippen molar-refractivity contribution in [3.8, 4) is 0 Å². The highest BCUT2D eigenvalue weighted by Gasteiger charge is 2.13. The first-order valence-electron chi connectivity index (χ1n) is 6.44. The van der Waals surface area contributed by atoms with Crippen LogP contribution in [0.4, 0.5) is 0 Å². The van der Waals surface area contributed by atoms with Crippen molar-refractivity contribution >= 4 is 16.9 Å². The van der Waals surface area contributed by atoms with Crippen LogP contribution in [0, 0.1) is 5.92 Å². The lowest BCUT2D eigenvalue weighted by Gasteiger charge is -2.13. The van der Waals surface area contributed by atoms with Crippen LogP contribution in [0.5, 0.6) is 0 Å². The van der Waals surface area contributed by atoms with Gasteiger partial charge in [-0.1, -0.05) is 32.4 Å². The largest absolute Gasteiger partial charge is 0.478 e. The SMILES string of the molecule is CCCC(C)Cn1ccc2cccc(C(=O)O)c21. The Balaban J connectivity index is 2.42. The molecule has 3 heteroatoms. The molecule has 2 rings (SSSR count). The van der Waals surface area contributed by atoms with Gasteiger partial charge in [0.25, 0.3) is 0 Å². The number of benzene rings is 1. The smallest absolute Gasteiger partial charge is 0.337 e. The van der Waals surface area contributed by atoms with Crippen molar-refractivity contribution in [2.75, 3.05) is 0 Å². The second kappa shape index (κ2) is 5.25. The number of hydrogen-bond donors (Lipinski definition) is 1. The van der Waals surface area contributed by atoms with Crippen LogP contribution >= 0.6 is 0 Å². The summed E-state index contributed by atoms with van der Waals surface area (Å²) in [5, 5.41) is 10.2. The van der Waals surface area contributed by atoms with Crippen LogP contribution in [-0.4, -0.2) is 15.6 Å². The van der Waals surface area contributed by atoms with E-state index in [1.807, 2.05) is 18.3 Å². The number of fused-ring (bicyclic) bond motifs is 1. The molecule has 1 aromatic carbocycles. The van der Waals surface area contributed by atoms with E-state index in [4.69, 9.17) is 0 Å². The van der Waals surface area contributed by atoms with Gasteiger partial charge in [0.15, 0.2) is 0 Å². The lowest BCUT2D eigenvalue weighted by molar-refractivity contribution is 0.0698. The summed E-state index contributed by atoms with van der Waals surface area (Å²) in [5.41, 5.74) is 1.23. The minimum Gasteiger partial charge on any atom is -0.478 e. The molecule has 0 saturated carbocycles. The Morgan fingerprint density at radius 3 is 2.83 bits per heavy atom. The van der Waals surface area contributed by atoms with E-state index in [9.17, 15) is 9.90 Å². The molecule has 0 bridgehead atoms. The van der Waals surface area contributed by atoms with Gasteiger partial charge in [0.1, 0.15) is 0 Å². The van der Waals surface area contributed by atoms with E-state index < -0.39 is 5.97 Å². The van der Waals surface area contributed by atoms with Gasteiger partial charge in [0.2, 0.25) is 0 Å². The summed E-state index contributed by atoms with van der Waals surface area (Å²) >= 11 is 0. The maximum absolute atomic E-state index is 11.3. The van der Waals surface area contributed by atoms with Gasteiger partial charge in [-0.2, -0.15) is 0 Å². The van der Waals surface area contributed by atoms with Crippen molar-refractivity contribution in [3.05, 3.63) is 36.0 Å². The maximum atomic E-state index is 11.3. The summed E-state index contributed by atoms with van der Waals surface area (Å²) in [5.74, 6) is -0.295. The molecule has 0 aliphatic heterocycles. The standard InChI is InChI=1S/C15H19NO2/c1-3-5-11(2)10-16-9-8-12-6-4-7-13(14(12)16)15(17)18/h4,6-9,11H,3,5,10H2,1-2H3,(H,17,18). The quantitative estimate of drug-likeness (QED) is 0.871. The first kappa shape index (κ1) is 12.7. The van der Waals surface area contributed by atoms with Crippen molar-refractivity contribution in [2.45, 2.75) is 33.2 Å². The van der Waals surface area contributed by atoms with Crippen molar-refractivity contribution in [3.63, 3.8) is 0 Å². The third-order valence-electron chi connectivity index (χ3n) is 3.31. The van der Waals surface area contributed by atoms with Crippen LogP contribution in [0.2, 0.25) is 0 Å². The van der Waals surface area contributed by atoms with Crippen molar-refractivity contribution in [1.82, 2.24) is 4.57 Å². The Kier molecular flexibility index (Phi) is 3.70. The van der Waals surface area contributed by atoms with Crippen LogP contribution in [0.1, 0.15) is 37.0 Å². The molecule has 3 nitrogen and oxygen atoms in total. The van der Waals surface area contributed by atoms with Crippen LogP contribution in [-0.2, 0) is 6.54 Å². The molecule has 0 amide bonds. The van der Waals surface area contributed by atoms with Crippen molar-refractivity contribution in [1.29, 1.82) is 0 Å². The fourth-order valence-corrected chi connectivity index (χ4v) is 2.51. The minimum absolute atomic E-state index is 0.390. The van der Waals surface area contributed by atoms with E-state index in [0.29, 0.717) is 11.5 Å². The Hall–Kier alpha value is -1.77. The molecule has 0 saturated heterocycles. The summed E-state index contributed by atoms with van der Waals surface area (Å²) in [6.45, 7) is 5.26. The van der Waals surface area contributed by atoms with Gasteiger partial charge in [-0.3, -0.25) is 0 Å². The first-order valence-corrected chi connectivity index (χ1v) is 6.44. The van der Waals surface area contributed by atoms with E-state index in [-0.39, 0.29) is 0 Å². The van der Waals surface area contributed by atoms with Gasteiger partial charge in [-0.25, -0.2) is 4.79 Å². The summed E-state index contributed by atoms with van der Waals surface area (Å²) in [6.07, 6.45) is 4.31. The molecule has 0 spiro atoms. The second-order valence-electron chi connectivity index (χ2n) is 4.91. The van der Waals surface area contributed by atoms with Crippen LogP contribution in [0.3, 0.4) is 0 Å². The first-order chi connectivity index (χ1) is 8.63. The number of aromatic carboxylic acids is 1. The fourth-order valence-electron chi connectivity index (χ4n) is 2.51. The summed E-state index contributed by atoms with van der Waals surface area (Å²) in [4.78, 5) is 11.3. The van der Waals surface area contributed by atoms with Gasteiger partial charge >= 0.3 is 5.97 Å². The number of nitrogens with zero attached hydrogens (tertiary/aromatic N) is 1. The highest BCUT2D eigenvalue weighted by molar-refractivity contribution is 6.02. The van der Waals surface area contributed by atoms with Gasteiger partial charge in [0, 0.05) is 18.1 Å². The lowest BCUT2D eigenvalue weighted by atomic mass is 10.1. The number of carboxylic acids is 1. The molecule has 1 atom stereocenters. The zero-order chi connectivity index (χ0) is 13.1. The maximum Gasteiger partial charge on any atom is 0.337 e. The molecule has 0 aliphatic carbocycles. The number of rotatable bonds is 5. The molecular formula is C15H19NO2. The molecule has 1 aromatic heterocycles. The highest BCUT2D eigenvalue weighted by atomic mass is 16.4. The fraction of sp³-hybridized carbons (Fsp3) is 0.400. The highest BCUT2D eigenvalue weighted by Crippen LogP contribution is 2.22. The number of para-hydroxylation sites is 1. The van der Waals surface area contributed by atoms with E-state index >= 15 is 0 Å². The van der Waals surface area contributed by atoms with Gasteiger partial charge in [-0.05, 0) is 24.5 Å². The number of hydrogen-bond acceptors (Lipinski definition) is 1. The average Bonchev–Trinajstić information content (AvgIpc) is 2.72. The van der Waals surface area contributed by atoms with Gasteiger partial charge < -0.3 is 9.67 Å². The second-order valence-corrected chi connectivity index (χ2v) is 4.91. The molecule has 1 unspecified atom stereocenters. The molecule has 96 valence electrons. The van der Waals surface area contributed by atoms with Crippen LogP contribution < -0.4 is 0 Å². The molecule has 0 radical (unpaired) electrons. The number of aromatic nitrogens is 1. The Labute approximate surface area is 107 Å². The predicted molar refractivity (Wildman–Crippen MR) is 73.0 cm³/mol. The molecular weight excluding hydrogens is 226 g/mol. The van der Waals surface area contributed by atoms with E-state index in [1.54, 1.807) is 12.1 Å². The van der Waals surface area contributed by atoms with Crippen LogP contribution in [0.25, 0.3) is 10.9 Å². The number of carbonyl (C=O) groups is 1. The third kappa shape index (κ3) is 2.40.